The number of carbonyl (C=O) groups is 1. The Balaban J connectivity index is 2.37. The van der Waals surface area contributed by atoms with Gasteiger partial charge in [-0.3, -0.25) is 4.79 Å². The van der Waals surface area contributed by atoms with Crippen molar-refractivity contribution in [1.29, 1.82) is 0 Å². The highest BCUT2D eigenvalue weighted by atomic mass is 32.1. The molecule has 2 rings (SSSR count). The number of carboxylic acid groups (broad SMARTS) is 1. The lowest BCUT2D eigenvalue weighted by molar-refractivity contribution is -0.138. The van der Waals surface area contributed by atoms with Crippen molar-refractivity contribution in [2.75, 3.05) is 0 Å². The minimum absolute atomic E-state index is 0.414. The molecule has 0 aliphatic carbocycles. The molecule has 0 amide bonds. The Hall–Kier alpha value is -1.72. The third-order valence-corrected chi connectivity index (χ3v) is 4.67. The van der Waals surface area contributed by atoms with E-state index in [1.807, 2.05) is 0 Å². The topological polar surface area (TPSA) is 57.5 Å². The lowest BCUT2D eigenvalue weighted by atomic mass is 9.96. The van der Waals surface area contributed by atoms with Crippen LogP contribution in [0.15, 0.2) is 30.3 Å². The van der Waals surface area contributed by atoms with Gasteiger partial charge >= 0.3 is 5.97 Å². The van der Waals surface area contributed by atoms with E-state index in [0.717, 1.165) is 0 Å². The van der Waals surface area contributed by atoms with Gasteiger partial charge in [0.05, 0.1) is 11.5 Å². The van der Waals surface area contributed by atoms with E-state index in [1.165, 1.54) is 17.4 Å². The van der Waals surface area contributed by atoms with Gasteiger partial charge in [0.2, 0.25) is 0 Å². The zero-order valence-corrected chi connectivity index (χ0v) is 12.9. The van der Waals surface area contributed by atoms with E-state index in [2.05, 4.69) is 0 Å². The second-order valence-corrected chi connectivity index (χ2v) is 6.63. The van der Waals surface area contributed by atoms with Crippen LogP contribution < -0.4 is 0 Å². The van der Waals surface area contributed by atoms with Crippen LogP contribution in [0.1, 0.15) is 37.1 Å². The van der Waals surface area contributed by atoms with Gasteiger partial charge in [-0.25, -0.2) is 4.39 Å². The van der Waals surface area contributed by atoms with Crippen molar-refractivity contribution in [3.8, 4) is 10.4 Å². The summed E-state index contributed by atoms with van der Waals surface area (Å²) in [5.41, 5.74) is -0.186. The molecule has 2 aromatic rings. The number of thiophene rings is 1. The van der Waals surface area contributed by atoms with Gasteiger partial charge in [-0.15, -0.1) is 11.3 Å². The number of rotatable bonds is 4. The van der Waals surface area contributed by atoms with Gasteiger partial charge in [-0.05, 0) is 44.5 Å². The molecule has 1 aromatic heterocycles. The number of hydrogen-bond acceptors (Lipinski definition) is 3. The summed E-state index contributed by atoms with van der Waals surface area (Å²) in [6.07, 6.45) is 0. The van der Waals surface area contributed by atoms with Crippen molar-refractivity contribution in [3.05, 3.63) is 46.6 Å². The maximum atomic E-state index is 14.2. The quantitative estimate of drug-likeness (QED) is 0.898. The fourth-order valence-corrected chi connectivity index (χ4v) is 3.03. The van der Waals surface area contributed by atoms with E-state index in [4.69, 9.17) is 5.11 Å². The first-order chi connectivity index (χ1) is 9.70. The number of aliphatic carboxylic acids is 1. The average molecular weight is 308 g/mol. The highest BCUT2D eigenvalue weighted by Crippen LogP contribution is 2.35. The predicted octanol–water partition coefficient (Wildman–Crippen LogP) is 3.97. The fourth-order valence-electron chi connectivity index (χ4n) is 1.95. The SMILES string of the molecule is CC(C(=O)O)c1ccc(-c2ccc(C(C)(C)O)cc2F)s1. The van der Waals surface area contributed by atoms with Crippen molar-refractivity contribution in [2.24, 2.45) is 0 Å². The van der Waals surface area contributed by atoms with E-state index < -0.39 is 23.3 Å². The monoisotopic (exact) mass is 308 g/mol. The van der Waals surface area contributed by atoms with Crippen LogP contribution >= 0.6 is 11.3 Å². The standard InChI is InChI=1S/C16H17FO3S/c1-9(15(18)19)13-6-7-14(21-13)11-5-4-10(8-12(11)17)16(2,3)20/h4-9,20H,1-3H3,(H,18,19). The third-order valence-electron chi connectivity index (χ3n) is 3.36. The van der Waals surface area contributed by atoms with Gasteiger partial charge < -0.3 is 10.2 Å². The maximum absolute atomic E-state index is 14.2. The maximum Gasteiger partial charge on any atom is 0.311 e. The Bertz CT molecular complexity index is 670. The lowest BCUT2D eigenvalue weighted by Crippen LogP contribution is -2.15. The molecule has 0 saturated carbocycles. The summed E-state index contributed by atoms with van der Waals surface area (Å²) < 4.78 is 14.2. The molecule has 0 radical (unpaired) electrons. The first kappa shape index (κ1) is 15.7. The van der Waals surface area contributed by atoms with Crippen molar-refractivity contribution in [2.45, 2.75) is 32.3 Å². The molecule has 0 saturated heterocycles. The molecule has 1 unspecified atom stereocenters. The van der Waals surface area contributed by atoms with Gasteiger partial charge in [0.15, 0.2) is 0 Å². The Kier molecular flexibility index (Phi) is 4.16. The summed E-state index contributed by atoms with van der Waals surface area (Å²) in [4.78, 5) is 12.3. The Morgan fingerprint density at radius 1 is 1.29 bits per heavy atom. The normalized spacial score (nSPS) is 13.2. The molecule has 0 fully saturated rings. The van der Waals surface area contributed by atoms with Crippen LogP contribution in [0.3, 0.4) is 0 Å². The first-order valence-electron chi connectivity index (χ1n) is 6.55. The van der Waals surface area contributed by atoms with Gasteiger partial charge in [0, 0.05) is 15.3 Å². The van der Waals surface area contributed by atoms with Crippen LogP contribution in [0.2, 0.25) is 0 Å². The molecule has 1 aromatic carbocycles. The summed E-state index contributed by atoms with van der Waals surface area (Å²) in [6.45, 7) is 4.80. The highest BCUT2D eigenvalue weighted by Gasteiger charge is 2.20. The summed E-state index contributed by atoms with van der Waals surface area (Å²) in [6, 6.07) is 8.04. The zero-order chi connectivity index (χ0) is 15.8. The van der Waals surface area contributed by atoms with Crippen LogP contribution in [0, 0.1) is 5.82 Å². The molecule has 0 spiro atoms. The van der Waals surface area contributed by atoms with Crippen molar-refractivity contribution in [3.63, 3.8) is 0 Å². The lowest BCUT2D eigenvalue weighted by Gasteiger charge is -2.18. The Morgan fingerprint density at radius 3 is 2.48 bits per heavy atom. The Morgan fingerprint density at radius 2 is 1.95 bits per heavy atom. The molecule has 112 valence electrons. The van der Waals surface area contributed by atoms with Crippen LogP contribution in [0.4, 0.5) is 4.39 Å². The molecule has 0 aliphatic heterocycles. The first-order valence-corrected chi connectivity index (χ1v) is 7.37. The zero-order valence-electron chi connectivity index (χ0n) is 12.1. The van der Waals surface area contributed by atoms with Gasteiger partial charge in [-0.2, -0.15) is 0 Å². The van der Waals surface area contributed by atoms with E-state index in [9.17, 15) is 14.3 Å². The number of aliphatic hydroxyl groups is 1. The van der Waals surface area contributed by atoms with Crippen LogP contribution in [-0.4, -0.2) is 16.2 Å². The smallest absolute Gasteiger partial charge is 0.311 e. The van der Waals surface area contributed by atoms with Crippen LogP contribution in [0.5, 0.6) is 0 Å². The van der Waals surface area contributed by atoms with Crippen molar-refractivity contribution >= 4 is 17.3 Å². The number of hydrogen-bond donors (Lipinski definition) is 2. The molecule has 1 atom stereocenters. The van der Waals surface area contributed by atoms with E-state index in [-0.39, 0.29) is 0 Å². The summed E-state index contributed by atoms with van der Waals surface area (Å²) >= 11 is 1.27. The molecule has 0 bridgehead atoms. The number of carboxylic acids is 1. The second kappa shape index (κ2) is 5.58. The summed E-state index contributed by atoms with van der Waals surface area (Å²) in [7, 11) is 0. The number of benzene rings is 1. The second-order valence-electron chi connectivity index (χ2n) is 5.52. The summed E-state index contributed by atoms with van der Waals surface area (Å²) in [5, 5.41) is 18.9. The minimum atomic E-state index is -1.10. The molecule has 21 heavy (non-hydrogen) atoms. The molecule has 2 N–H and O–H groups in total. The van der Waals surface area contributed by atoms with E-state index >= 15 is 0 Å². The fraction of sp³-hybridized carbons (Fsp3) is 0.312. The molecule has 0 aliphatic rings. The van der Waals surface area contributed by atoms with Crippen LogP contribution in [0.25, 0.3) is 10.4 Å². The van der Waals surface area contributed by atoms with Crippen LogP contribution in [-0.2, 0) is 10.4 Å². The van der Waals surface area contributed by atoms with E-state index in [1.54, 1.807) is 45.0 Å². The van der Waals surface area contributed by atoms with E-state index in [0.29, 0.717) is 20.9 Å². The number of halogens is 1. The largest absolute Gasteiger partial charge is 0.481 e. The minimum Gasteiger partial charge on any atom is -0.481 e. The average Bonchev–Trinajstić information content (AvgIpc) is 2.85. The van der Waals surface area contributed by atoms with Crippen molar-refractivity contribution in [1.82, 2.24) is 0 Å². The van der Waals surface area contributed by atoms with Crippen molar-refractivity contribution < 1.29 is 19.4 Å². The molecular weight excluding hydrogens is 291 g/mol. The Labute approximate surface area is 126 Å². The van der Waals surface area contributed by atoms with Gasteiger partial charge in [0.1, 0.15) is 5.82 Å². The molecule has 3 nitrogen and oxygen atoms in total. The van der Waals surface area contributed by atoms with Gasteiger partial charge in [0.25, 0.3) is 0 Å². The van der Waals surface area contributed by atoms with Gasteiger partial charge in [-0.1, -0.05) is 12.1 Å². The molecule has 5 heteroatoms. The highest BCUT2D eigenvalue weighted by molar-refractivity contribution is 7.15. The molecular formula is C16H17FO3S. The summed E-state index contributed by atoms with van der Waals surface area (Å²) in [5.74, 6) is -1.94. The predicted molar refractivity (Wildman–Crippen MR) is 81.0 cm³/mol. The third kappa shape index (κ3) is 3.31. The molecule has 1 heterocycles.